The SMILES string of the molecule is CNCC(C)(C)Nc1cc(N(C)C2CCC2)ncn1. The highest BCUT2D eigenvalue weighted by atomic mass is 15.2. The van der Waals surface area contributed by atoms with Crippen LogP contribution in [-0.4, -0.2) is 42.2 Å². The fourth-order valence-electron chi connectivity index (χ4n) is 2.40. The summed E-state index contributed by atoms with van der Waals surface area (Å²) in [6.07, 6.45) is 5.52. The van der Waals surface area contributed by atoms with E-state index >= 15 is 0 Å². The fraction of sp³-hybridized carbons (Fsp3) is 0.714. The van der Waals surface area contributed by atoms with E-state index in [4.69, 9.17) is 0 Å². The summed E-state index contributed by atoms with van der Waals surface area (Å²) in [6.45, 7) is 5.19. The third kappa shape index (κ3) is 3.56. The molecule has 0 aromatic carbocycles. The maximum absolute atomic E-state index is 4.38. The number of aromatic nitrogens is 2. The van der Waals surface area contributed by atoms with E-state index in [1.54, 1.807) is 6.33 Å². The summed E-state index contributed by atoms with van der Waals surface area (Å²) in [5.41, 5.74) is -0.0323. The molecule has 1 aromatic rings. The van der Waals surface area contributed by atoms with Crippen LogP contribution >= 0.6 is 0 Å². The second-order valence-electron chi connectivity index (χ2n) is 6.00. The zero-order chi connectivity index (χ0) is 13.9. The van der Waals surface area contributed by atoms with Crippen molar-refractivity contribution in [3.05, 3.63) is 12.4 Å². The Hall–Kier alpha value is -1.36. The van der Waals surface area contributed by atoms with Gasteiger partial charge >= 0.3 is 0 Å². The van der Waals surface area contributed by atoms with Gasteiger partial charge in [-0.3, -0.25) is 0 Å². The van der Waals surface area contributed by atoms with Crippen LogP contribution in [0.4, 0.5) is 11.6 Å². The molecular weight excluding hydrogens is 238 g/mol. The number of likely N-dealkylation sites (N-methyl/N-ethyl adjacent to an activating group) is 1. The third-order valence-electron chi connectivity index (χ3n) is 3.72. The molecule has 0 amide bonds. The molecule has 1 aliphatic rings. The third-order valence-corrected chi connectivity index (χ3v) is 3.72. The smallest absolute Gasteiger partial charge is 0.134 e. The van der Waals surface area contributed by atoms with Gasteiger partial charge in [-0.05, 0) is 40.2 Å². The average Bonchev–Trinajstić information content (AvgIpc) is 2.26. The van der Waals surface area contributed by atoms with Gasteiger partial charge in [0, 0.05) is 31.2 Å². The maximum atomic E-state index is 4.38. The van der Waals surface area contributed by atoms with Crippen LogP contribution in [0.2, 0.25) is 0 Å². The van der Waals surface area contributed by atoms with Gasteiger partial charge in [-0.15, -0.1) is 0 Å². The Morgan fingerprint density at radius 3 is 2.68 bits per heavy atom. The van der Waals surface area contributed by atoms with Crippen molar-refractivity contribution in [3.8, 4) is 0 Å². The van der Waals surface area contributed by atoms with Gasteiger partial charge in [0.1, 0.15) is 18.0 Å². The predicted octanol–water partition coefficient (Wildman–Crippen LogP) is 1.88. The van der Waals surface area contributed by atoms with Gasteiger partial charge in [-0.1, -0.05) is 0 Å². The van der Waals surface area contributed by atoms with Gasteiger partial charge in [-0.2, -0.15) is 0 Å². The molecule has 0 bridgehead atoms. The van der Waals surface area contributed by atoms with E-state index in [2.05, 4.69) is 46.4 Å². The summed E-state index contributed by atoms with van der Waals surface area (Å²) in [7, 11) is 4.08. The second kappa shape index (κ2) is 5.74. The monoisotopic (exact) mass is 263 g/mol. The Balaban J connectivity index is 2.06. The quantitative estimate of drug-likeness (QED) is 0.820. The van der Waals surface area contributed by atoms with E-state index < -0.39 is 0 Å². The van der Waals surface area contributed by atoms with Crippen molar-refractivity contribution in [2.45, 2.75) is 44.7 Å². The van der Waals surface area contributed by atoms with Crippen LogP contribution in [0.3, 0.4) is 0 Å². The standard InChI is InChI=1S/C14H25N5/c1-14(2,9-15-3)18-12-8-13(17-10-16-12)19(4)11-6-5-7-11/h8,10-11,15H,5-7,9H2,1-4H3,(H,16,17,18). The Morgan fingerprint density at radius 2 is 2.11 bits per heavy atom. The van der Waals surface area contributed by atoms with Crippen molar-refractivity contribution in [1.82, 2.24) is 15.3 Å². The summed E-state index contributed by atoms with van der Waals surface area (Å²) in [5, 5.41) is 6.63. The first-order valence-corrected chi connectivity index (χ1v) is 6.99. The van der Waals surface area contributed by atoms with Gasteiger partial charge < -0.3 is 15.5 Å². The molecule has 1 aromatic heterocycles. The highest BCUT2D eigenvalue weighted by Gasteiger charge is 2.23. The lowest BCUT2D eigenvalue weighted by molar-refractivity contribution is 0.399. The van der Waals surface area contributed by atoms with Crippen LogP contribution < -0.4 is 15.5 Å². The van der Waals surface area contributed by atoms with E-state index in [0.29, 0.717) is 6.04 Å². The van der Waals surface area contributed by atoms with Gasteiger partial charge in [0.15, 0.2) is 0 Å². The minimum atomic E-state index is -0.0323. The molecule has 5 nitrogen and oxygen atoms in total. The lowest BCUT2D eigenvalue weighted by Gasteiger charge is -2.35. The van der Waals surface area contributed by atoms with E-state index in [9.17, 15) is 0 Å². The highest BCUT2D eigenvalue weighted by molar-refractivity contribution is 5.50. The average molecular weight is 263 g/mol. The van der Waals surface area contributed by atoms with Crippen LogP contribution in [-0.2, 0) is 0 Å². The molecule has 2 rings (SSSR count). The molecule has 1 fully saturated rings. The number of nitrogens with one attached hydrogen (secondary N) is 2. The normalized spacial score (nSPS) is 16.0. The van der Waals surface area contributed by atoms with Gasteiger partial charge in [-0.25, -0.2) is 9.97 Å². The van der Waals surface area contributed by atoms with E-state index in [1.165, 1.54) is 19.3 Å². The molecule has 0 radical (unpaired) electrons. The van der Waals surface area contributed by atoms with E-state index in [-0.39, 0.29) is 5.54 Å². The molecular formula is C14H25N5. The summed E-state index contributed by atoms with van der Waals surface area (Å²) in [4.78, 5) is 11.0. The van der Waals surface area contributed by atoms with Gasteiger partial charge in [0.25, 0.3) is 0 Å². The molecule has 5 heteroatoms. The van der Waals surface area contributed by atoms with Crippen LogP contribution in [0, 0.1) is 0 Å². The first-order valence-electron chi connectivity index (χ1n) is 6.99. The maximum Gasteiger partial charge on any atom is 0.134 e. The Labute approximate surface area is 115 Å². The molecule has 1 saturated carbocycles. The van der Waals surface area contributed by atoms with E-state index in [1.807, 2.05) is 13.1 Å². The topological polar surface area (TPSA) is 53.1 Å². The van der Waals surface area contributed by atoms with Crippen molar-refractivity contribution in [3.63, 3.8) is 0 Å². The molecule has 1 heterocycles. The zero-order valence-corrected chi connectivity index (χ0v) is 12.4. The second-order valence-corrected chi connectivity index (χ2v) is 6.00. The minimum absolute atomic E-state index is 0.0323. The first kappa shape index (κ1) is 14.1. The summed E-state index contributed by atoms with van der Waals surface area (Å²) < 4.78 is 0. The Bertz CT molecular complexity index is 414. The molecule has 0 atom stereocenters. The van der Waals surface area contributed by atoms with Crippen LogP contribution in [0.25, 0.3) is 0 Å². The highest BCUT2D eigenvalue weighted by Crippen LogP contribution is 2.27. The van der Waals surface area contributed by atoms with Crippen LogP contribution in [0.5, 0.6) is 0 Å². The number of anilines is 2. The van der Waals surface area contributed by atoms with Crippen molar-refractivity contribution < 1.29 is 0 Å². The summed E-state index contributed by atoms with van der Waals surface area (Å²) >= 11 is 0. The molecule has 19 heavy (non-hydrogen) atoms. The predicted molar refractivity (Wildman–Crippen MR) is 79.7 cm³/mol. The van der Waals surface area contributed by atoms with Crippen LogP contribution in [0.15, 0.2) is 12.4 Å². The molecule has 106 valence electrons. The minimum Gasteiger partial charge on any atom is -0.364 e. The number of rotatable bonds is 6. The lowest BCUT2D eigenvalue weighted by atomic mass is 9.92. The fourth-order valence-corrected chi connectivity index (χ4v) is 2.40. The van der Waals surface area contributed by atoms with Gasteiger partial charge in [0.2, 0.25) is 0 Å². The summed E-state index contributed by atoms with van der Waals surface area (Å²) in [5.74, 6) is 1.89. The Morgan fingerprint density at radius 1 is 1.37 bits per heavy atom. The van der Waals surface area contributed by atoms with Crippen molar-refractivity contribution in [2.24, 2.45) is 0 Å². The first-order chi connectivity index (χ1) is 9.02. The Kier molecular flexibility index (Phi) is 4.24. The van der Waals surface area contributed by atoms with E-state index in [0.717, 1.165) is 18.2 Å². The van der Waals surface area contributed by atoms with Crippen molar-refractivity contribution in [2.75, 3.05) is 30.9 Å². The number of nitrogens with zero attached hydrogens (tertiary/aromatic N) is 3. The molecule has 0 saturated heterocycles. The number of hydrogen-bond donors (Lipinski definition) is 2. The molecule has 0 spiro atoms. The van der Waals surface area contributed by atoms with Crippen LogP contribution in [0.1, 0.15) is 33.1 Å². The molecule has 2 N–H and O–H groups in total. The van der Waals surface area contributed by atoms with Crippen molar-refractivity contribution in [1.29, 1.82) is 0 Å². The summed E-state index contributed by atoms with van der Waals surface area (Å²) in [6, 6.07) is 2.68. The van der Waals surface area contributed by atoms with Crippen molar-refractivity contribution >= 4 is 11.6 Å². The molecule has 0 unspecified atom stereocenters. The zero-order valence-electron chi connectivity index (χ0n) is 12.4. The lowest BCUT2D eigenvalue weighted by Crippen LogP contribution is -2.41. The molecule has 0 aliphatic heterocycles. The van der Waals surface area contributed by atoms with Gasteiger partial charge in [0.05, 0.1) is 0 Å². The largest absolute Gasteiger partial charge is 0.364 e. The number of hydrogen-bond acceptors (Lipinski definition) is 5. The molecule has 1 aliphatic carbocycles.